The van der Waals surface area contributed by atoms with Gasteiger partial charge in [-0.25, -0.2) is 14.6 Å². The minimum atomic E-state index is -1.08. The van der Waals surface area contributed by atoms with Crippen LogP contribution in [0.1, 0.15) is 74.9 Å². The molecule has 0 fully saturated rings. The van der Waals surface area contributed by atoms with Gasteiger partial charge in [-0.1, -0.05) is 27.7 Å². The average molecular weight is 569 g/mol. The van der Waals surface area contributed by atoms with Gasteiger partial charge in [-0.2, -0.15) is 0 Å². The van der Waals surface area contributed by atoms with Crippen LogP contribution in [0.25, 0.3) is 0 Å². The predicted molar refractivity (Wildman–Crippen MR) is 148 cm³/mol. The number of hydrogen-bond donors (Lipinski definition) is 4. The number of nitrogens with zero attached hydrogens (tertiary/aromatic N) is 3. The molecule has 0 aliphatic rings. The van der Waals surface area contributed by atoms with Crippen LogP contribution in [0, 0.1) is 0 Å². The van der Waals surface area contributed by atoms with Gasteiger partial charge in [0.15, 0.2) is 0 Å². The number of urea groups is 1. The summed E-state index contributed by atoms with van der Waals surface area (Å²) in [7, 11) is 1.62. The van der Waals surface area contributed by atoms with Gasteiger partial charge >= 0.3 is 12.1 Å². The predicted octanol–water partition coefficient (Wildman–Crippen LogP) is 3.61. The van der Waals surface area contributed by atoms with Crippen LogP contribution in [0.5, 0.6) is 0 Å². The van der Waals surface area contributed by atoms with E-state index in [4.69, 9.17) is 4.74 Å². The van der Waals surface area contributed by atoms with Crippen molar-refractivity contribution in [1.82, 2.24) is 30.8 Å². The molecule has 0 radical (unpaired) electrons. The Kier molecular flexibility index (Phi) is 13.4. The zero-order valence-corrected chi connectivity index (χ0v) is 24.4. The van der Waals surface area contributed by atoms with Crippen LogP contribution in [0.3, 0.4) is 0 Å². The van der Waals surface area contributed by atoms with Gasteiger partial charge in [-0.05, 0) is 25.7 Å². The van der Waals surface area contributed by atoms with Crippen molar-refractivity contribution in [3.05, 3.63) is 32.7 Å². The van der Waals surface area contributed by atoms with E-state index in [1.165, 1.54) is 16.2 Å². The first kappa shape index (κ1) is 31.4. The van der Waals surface area contributed by atoms with Gasteiger partial charge < -0.3 is 30.7 Å². The summed E-state index contributed by atoms with van der Waals surface area (Å²) in [5, 5.41) is 21.1. The molecule has 0 saturated heterocycles. The lowest BCUT2D eigenvalue weighted by Crippen LogP contribution is -2.53. The molecule has 38 heavy (non-hydrogen) atoms. The van der Waals surface area contributed by atoms with Crippen molar-refractivity contribution in [2.45, 2.75) is 90.6 Å². The highest BCUT2D eigenvalue weighted by Gasteiger charge is 2.24. The smallest absolute Gasteiger partial charge is 0.407 e. The van der Waals surface area contributed by atoms with Crippen molar-refractivity contribution < 1.29 is 24.2 Å². The molecule has 1 unspecified atom stereocenters. The van der Waals surface area contributed by atoms with Gasteiger partial charge in [0, 0.05) is 36.6 Å². The summed E-state index contributed by atoms with van der Waals surface area (Å²) in [6.07, 6.45) is 3.78. The zero-order chi connectivity index (χ0) is 28.1. The van der Waals surface area contributed by atoms with E-state index in [1.807, 2.05) is 19.2 Å². The Balaban J connectivity index is 1.80. The second-order valence-corrected chi connectivity index (χ2v) is 11.2. The number of amides is 4. The first-order valence-corrected chi connectivity index (χ1v) is 14.6. The number of ether oxygens (including phenoxy) is 1. The van der Waals surface area contributed by atoms with E-state index in [2.05, 4.69) is 39.8 Å². The number of carbonyl (C=O) groups excluding carboxylic acids is 3. The fourth-order valence-electron chi connectivity index (χ4n) is 3.55. The number of nitrogens with one attached hydrogen (secondary N) is 3. The number of aliphatic hydroxyl groups excluding tert-OH is 1. The molecule has 3 atom stereocenters. The fraction of sp³-hybridized carbons (Fsp3) is 0.640. The van der Waals surface area contributed by atoms with Gasteiger partial charge in [0.05, 0.1) is 34.2 Å². The Labute approximate surface area is 232 Å². The molecule has 11 nitrogen and oxygen atoms in total. The second-order valence-electron chi connectivity index (χ2n) is 9.36. The highest BCUT2D eigenvalue weighted by Crippen LogP contribution is 2.19. The summed E-state index contributed by atoms with van der Waals surface area (Å²) >= 11 is 2.97. The first-order chi connectivity index (χ1) is 18.2. The molecule has 0 bridgehead atoms. The Bertz CT molecular complexity index is 1000. The Morgan fingerprint density at radius 2 is 1.76 bits per heavy atom. The molecule has 0 saturated carbocycles. The average Bonchev–Trinajstić information content (AvgIpc) is 3.59. The van der Waals surface area contributed by atoms with E-state index in [0.717, 1.165) is 15.6 Å². The van der Waals surface area contributed by atoms with Crippen LogP contribution >= 0.6 is 22.7 Å². The monoisotopic (exact) mass is 568 g/mol. The normalized spacial score (nSPS) is 13.4. The Hall–Kier alpha value is -2.77. The second kappa shape index (κ2) is 16.2. The van der Waals surface area contributed by atoms with E-state index in [0.29, 0.717) is 38.1 Å². The van der Waals surface area contributed by atoms with Crippen molar-refractivity contribution >= 4 is 40.7 Å². The summed E-state index contributed by atoms with van der Waals surface area (Å²) in [5.41, 5.74) is 2.46. The van der Waals surface area contributed by atoms with Crippen LogP contribution in [0.4, 0.5) is 9.59 Å². The van der Waals surface area contributed by atoms with Crippen molar-refractivity contribution in [3.8, 4) is 0 Å². The van der Waals surface area contributed by atoms with Crippen molar-refractivity contribution in [2.75, 3.05) is 13.7 Å². The quantitative estimate of drug-likeness (QED) is 0.257. The molecule has 13 heteroatoms. The van der Waals surface area contributed by atoms with E-state index in [9.17, 15) is 19.5 Å². The molecule has 2 aromatic heterocycles. The molecule has 2 rings (SSSR count). The summed E-state index contributed by atoms with van der Waals surface area (Å²) in [4.78, 5) is 48.4. The van der Waals surface area contributed by atoms with Gasteiger partial charge in [0.25, 0.3) is 0 Å². The molecule has 2 aromatic rings. The number of thiazole rings is 2. The molecule has 4 amide bonds. The molecule has 0 aliphatic heterocycles. The highest BCUT2D eigenvalue weighted by molar-refractivity contribution is 7.09. The van der Waals surface area contributed by atoms with Crippen LogP contribution in [0.2, 0.25) is 0 Å². The molecular weight excluding hydrogens is 528 g/mol. The van der Waals surface area contributed by atoms with E-state index in [-0.39, 0.29) is 18.7 Å². The van der Waals surface area contributed by atoms with Crippen molar-refractivity contribution in [1.29, 1.82) is 0 Å². The van der Waals surface area contributed by atoms with Gasteiger partial charge in [0.1, 0.15) is 12.6 Å². The molecular formula is C25H40N6O5S2. The van der Waals surface area contributed by atoms with Crippen LogP contribution < -0.4 is 16.0 Å². The van der Waals surface area contributed by atoms with Gasteiger partial charge in [-0.15, -0.1) is 22.7 Å². The number of alkyl carbamates (subject to hydrolysis) is 1. The number of aliphatic hydroxyl groups is 1. The maximum Gasteiger partial charge on any atom is 0.407 e. The highest BCUT2D eigenvalue weighted by atomic mass is 32.1. The summed E-state index contributed by atoms with van der Waals surface area (Å²) < 4.78 is 5.24. The zero-order valence-electron chi connectivity index (χ0n) is 22.7. The molecule has 2 heterocycles. The first-order valence-electron chi connectivity index (χ1n) is 12.8. The Morgan fingerprint density at radius 1 is 1.08 bits per heavy atom. The number of aromatic nitrogens is 2. The van der Waals surface area contributed by atoms with Crippen LogP contribution in [0.15, 0.2) is 17.1 Å². The van der Waals surface area contributed by atoms with E-state index in [1.54, 1.807) is 30.1 Å². The van der Waals surface area contributed by atoms with Crippen molar-refractivity contribution in [2.24, 2.45) is 0 Å². The SMILES string of the molecule is CC[C@@H](CC[C@H](CC)NC(=O)C(CO)NC(=O)N(C)Cc1csc(C(C)C)n1)NC(=O)OCc1cncs1. The lowest BCUT2D eigenvalue weighted by atomic mass is 10.0. The topological polar surface area (TPSA) is 146 Å². The maximum absolute atomic E-state index is 12.8. The number of rotatable bonds is 15. The molecule has 0 aliphatic carbocycles. The minimum Gasteiger partial charge on any atom is -0.444 e. The lowest BCUT2D eigenvalue weighted by molar-refractivity contribution is -0.124. The van der Waals surface area contributed by atoms with E-state index < -0.39 is 30.7 Å². The standard InChI is InChI=1S/C25H40N6O5S2/c1-6-17(8-9-18(7-2)29-25(35)36-13-20-10-26-15-38-20)27-22(33)21(12-32)30-24(34)31(5)11-19-14-37-23(28-19)16(3)4/h10,14-18,21,32H,6-9,11-13H2,1-5H3,(H,27,33)(H,29,35)(H,30,34)/t17-,18-,21?/m0/s1. The van der Waals surface area contributed by atoms with Gasteiger partial charge in [-0.3, -0.25) is 9.78 Å². The summed E-state index contributed by atoms with van der Waals surface area (Å²) in [6.45, 7) is 7.98. The van der Waals surface area contributed by atoms with Crippen LogP contribution in [-0.4, -0.2) is 69.8 Å². The fourth-order valence-corrected chi connectivity index (χ4v) is 4.88. The maximum atomic E-state index is 12.8. The van der Waals surface area contributed by atoms with E-state index >= 15 is 0 Å². The van der Waals surface area contributed by atoms with Crippen LogP contribution in [-0.2, 0) is 22.7 Å². The third kappa shape index (κ3) is 10.5. The summed E-state index contributed by atoms with van der Waals surface area (Å²) in [5.74, 6) is -0.143. The molecule has 4 N–H and O–H groups in total. The number of hydrogen-bond acceptors (Lipinski definition) is 9. The molecule has 212 valence electrons. The minimum absolute atomic E-state index is 0.112. The van der Waals surface area contributed by atoms with Gasteiger partial charge in [0.2, 0.25) is 5.91 Å². The molecule has 0 spiro atoms. The third-order valence-electron chi connectivity index (χ3n) is 5.95. The summed E-state index contributed by atoms with van der Waals surface area (Å²) in [6, 6.07) is -1.85. The van der Waals surface area contributed by atoms with Crippen molar-refractivity contribution in [3.63, 3.8) is 0 Å². The third-order valence-corrected chi connectivity index (χ3v) is 7.90. The largest absolute Gasteiger partial charge is 0.444 e. The lowest BCUT2D eigenvalue weighted by Gasteiger charge is -2.25. The Morgan fingerprint density at radius 3 is 2.32 bits per heavy atom. The number of carbonyl (C=O) groups is 3. The molecule has 0 aromatic carbocycles.